The molecule has 0 radical (unpaired) electrons. The van der Waals surface area contributed by atoms with Crippen molar-refractivity contribution in [3.05, 3.63) is 23.8 Å². The summed E-state index contributed by atoms with van der Waals surface area (Å²) in [5.41, 5.74) is 0.966. The molecular weight excluding hydrogens is 164 g/mol. The largest absolute Gasteiger partial charge is 0.307 e. The van der Waals surface area contributed by atoms with Crippen LogP contribution in [0.15, 0.2) is 28.8 Å². The van der Waals surface area contributed by atoms with E-state index in [2.05, 4.69) is 10.3 Å². The van der Waals surface area contributed by atoms with Gasteiger partial charge in [-0.05, 0) is 26.8 Å². The molecule has 0 fully saturated rings. The van der Waals surface area contributed by atoms with Gasteiger partial charge >= 0.3 is 0 Å². The van der Waals surface area contributed by atoms with Gasteiger partial charge in [0.15, 0.2) is 0 Å². The van der Waals surface area contributed by atoms with Crippen molar-refractivity contribution < 1.29 is 4.79 Å². The van der Waals surface area contributed by atoms with Gasteiger partial charge in [-0.15, -0.1) is 0 Å². The van der Waals surface area contributed by atoms with Crippen LogP contribution < -0.4 is 5.32 Å². The minimum absolute atomic E-state index is 0.106. The molecule has 13 heavy (non-hydrogen) atoms. The monoisotopic (exact) mass is 178 g/mol. The number of carbonyl (C=O) groups is 1. The van der Waals surface area contributed by atoms with Gasteiger partial charge in [-0.1, -0.05) is 6.08 Å². The highest BCUT2D eigenvalue weighted by Gasteiger charge is 2.12. The van der Waals surface area contributed by atoms with E-state index in [1.165, 1.54) is 6.08 Å². The zero-order chi connectivity index (χ0) is 9.84. The number of aliphatic imine (C=N–C) groups is 1. The Hall–Kier alpha value is -1.38. The molecule has 1 aliphatic heterocycles. The summed E-state index contributed by atoms with van der Waals surface area (Å²) in [6.07, 6.45) is 5.21. The van der Waals surface area contributed by atoms with Gasteiger partial charge in [0.05, 0.1) is 0 Å². The smallest absolute Gasteiger partial charge is 0.249 e. The van der Waals surface area contributed by atoms with Crippen LogP contribution in [-0.2, 0) is 4.79 Å². The predicted octanol–water partition coefficient (Wildman–Crippen LogP) is 1.43. The lowest BCUT2D eigenvalue weighted by Gasteiger charge is -2.13. The lowest BCUT2D eigenvalue weighted by molar-refractivity contribution is -0.115. The minimum Gasteiger partial charge on any atom is -0.307 e. The SMILES string of the molecule is C/C=C1/C=CC(=O)NC1=NC(C)C. The van der Waals surface area contributed by atoms with Crippen LogP contribution in [0.4, 0.5) is 0 Å². The Morgan fingerprint density at radius 2 is 2.15 bits per heavy atom. The normalized spacial score (nSPS) is 22.9. The molecule has 0 aromatic heterocycles. The molecule has 1 amide bonds. The van der Waals surface area contributed by atoms with Crippen LogP contribution in [-0.4, -0.2) is 17.8 Å². The number of rotatable bonds is 1. The van der Waals surface area contributed by atoms with E-state index in [9.17, 15) is 4.79 Å². The molecule has 0 aromatic rings. The number of amidine groups is 1. The van der Waals surface area contributed by atoms with E-state index in [1.54, 1.807) is 6.08 Å². The number of nitrogens with one attached hydrogen (secondary N) is 1. The molecule has 70 valence electrons. The number of amides is 1. The summed E-state index contributed by atoms with van der Waals surface area (Å²) < 4.78 is 0. The maximum atomic E-state index is 11.0. The Morgan fingerprint density at radius 1 is 1.46 bits per heavy atom. The molecule has 0 saturated heterocycles. The lowest BCUT2D eigenvalue weighted by atomic mass is 10.1. The molecule has 1 heterocycles. The van der Waals surface area contributed by atoms with Crippen LogP contribution in [0.2, 0.25) is 0 Å². The fraction of sp³-hybridized carbons (Fsp3) is 0.400. The first-order valence-corrected chi connectivity index (χ1v) is 4.37. The Labute approximate surface area is 78.2 Å². The average molecular weight is 178 g/mol. The molecule has 0 saturated carbocycles. The molecule has 3 heteroatoms. The maximum absolute atomic E-state index is 11.0. The second kappa shape index (κ2) is 4.03. The Balaban J connectivity index is 2.96. The topological polar surface area (TPSA) is 41.5 Å². The van der Waals surface area contributed by atoms with Crippen molar-refractivity contribution in [2.45, 2.75) is 26.8 Å². The molecule has 0 unspecified atom stereocenters. The van der Waals surface area contributed by atoms with Crippen molar-refractivity contribution in [3.63, 3.8) is 0 Å². The third kappa shape index (κ3) is 2.54. The highest BCUT2D eigenvalue weighted by atomic mass is 16.1. The Kier molecular flexibility index (Phi) is 3.01. The third-order valence-electron chi connectivity index (χ3n) is 1.63. The molecule has 1 aliphatic rings. The summed E-state index contributed by atoms with van der Waals surface area (Å²) in [5, 5.41) is 2.70. The summed E-state index contributed by atoms with van der Waals surface area (Å²) in [4.78, 5) is 15.3. The predicted molar refractivity (Wildman–Crippen MR) is 53.6 cm³/mol. The van der Waals surface area contributed by atoms with Gasteiger partial charge in [-0.25, -0.2) is 0 Å². The average Bonchev–Trinajstić information content (AvgIpc) is 2.03. The van der Waals surface area contributed by atoms with E-state index in [0.29, 0.717) is 5.84 Å². The summed E-state index contributed by atoms with van der Waals surface area (Å²) in [6, 6.07) is 0.191. The molecule has 0 spiro atoms. The summed E-state index contributed by atoms with van der Waals surface area (Å²) in [6.45, 7) is 5.88. The Bertz CT molecular complexity index is 298. The highest BCUT2D eigenvalue weighted by molar-refractivity contribution is 6.15. The Morgan fingerprint density at radius 3 is 2.69 bits per heavy atom. The van der Waals surface area contributed by atoms with Crippen LogP contribution in [0.25, 0.3) is 0 Å². The van der Waals surface area contributed by atoms with E-state index in [4.69, 9.17) is 0 Å². The van der Waals surface area contributed by atoms with Gasteiger partial charge in [-0.3, -0.25) is 9.79 Å². The summed E-state index contributed by atoms with van der Waals surface area (Å²) in [5.74, 6) is 0.565. The van der Waals surface area contributed by atoms with Gasteiger partial charge in [0, 0.05) is 17.7 Å². The van der Waals surface area contributed by atoms with Gasteiger partial charge < -0.3 is 5.32 Å². The van der Waals surface area contributed by atoms with Crippen molar-refractivity contribution in [1.29, 1.82) is 0 Å². The molecule has 0 aliphatic carbocycles. The fourth-order valence-electron chi connectivity index (χ4n) is 1.07. The van der Waals surface area contributed by atoms with Crippen molar-refractivity contribution in [2.75, 3.05) is 0 Å². The van der Waals surface area contributed by atoms with Crippen molar-refractivity contribution in [2.24, 2.45) is 4.99 Å². The second-order valence-corrected chi connectivity index (χ2v) is 3.14. The molecule has 0 aromatic carbocycles. The van der Waals surface area contributed by atoms with Gasteiger partial charge in [0.2, 0.25) is 5.91 Å². The molecule has 1 N–H and O–H groups in total. The van der Waals surface area contributed by atoms with Crippen molar-refractivity contribution in [3.8, 4) is 0 Å². The fourth-order valence-corrected chi connectivity index (χ4v) is 1.07. The van der Waals surface area contributed by atoms with Crippen LogP contribution in [0, 0.1) is 0 Å². The summed E-state index contributed by atoms with van der Waals surface area (Å²) >= 11 is 0. The first kappa shape index (κ1) is 9.71. The van der Waals surface area contributed by atoms with E-state index >= 15 is 0 Å². The minimum atomic E-state index is -0.106. The first-order valence-electron chi connectivity index (χ1n) is 4.37. The van der Waals surface area contributed by atoms with Gasteiger partial charge in [0.1, 0.15) is 5.84 Å². The molecule has 0 atom stereocenters. The number of hydrogen-bond acceptors (Lipinski definition) is 2. The van der Waals surface area contributed by atoms with E-state index in [0.717, 1.165) is 5.57 Å². The number of carbonyl (C=O) groups excluding carboxylic acids is 1. The first-order chi connectivity index (χ1) is 6.13. The van der Waals surface area contributed by atoms with E-state index in [-0.39, 0.29) is 11.9 Å². The standard InChI is InChI=1S/C10H14N2O/c1-4-8-5-6-9(13)12-10(8)11-7(2)3/h4-7H,1-3H3,(H,11,12,13)/b8-4-. The lowest BCUT2D eigenvalue weighted by Crippen LogP contribution is -2.33. The van der Waals surface area contributed by atoms with Crippen LogP contribution in [0.5, 0.6) is 0 Å². The quantitative estimate of drug-likeness (QED) is 0.648. The summed E-state index contributed by atoms with van der Waals surface area (Å²) in [7, 11) is 0. The molecule has 1 rings (SSSR count). The van der Waals surface area contributed by atoms with Crippen LogP contribution in [0.1, 0.15) is 20.8 Å². The maximum Gasteiger partial charge on any atom is 0.249 e. The van der Waals surface area contributed by atoms with Crippen molar-refractivity contribution >= 4 is 11.7 Å². The van der Waals surface area contributed by atoms with Crippen LogP contribution >= 0.6 is 0 Å². The second-order valence-electron chi connectivity index (χ2n) is 3.14. The molecule has 3 nitrogen and oxygen atoms in total. The van der Waals surface area contributed by atoms with Crippen LogP contribution in [0.3, 0.4) is 0 Å². The molecular formula is C10H14N2O. The zero-order valence-electron chi connectivity index (χ0n) is 8.16. The van der Waals surface area contributed by atoms with E-state index < -0.39 is 0 Å². The number of allylic oxidation sites excluding steroid dienone is 1. The number of hydrogen-bond donors (Lipinski definition) is 1. The van der Waals surface area contributed by atoms with Gasteiger partial charge in [-0.2, -0.15) is 0 Å². The van der Waals surface area contributed by atoms with Crippen molar-refractivity contribution in [1.82, 2.24) is 5.32 Å². The molecule has 0 bridgehead atoms. The third-order valence-corrected chi connectivity index (χ3v) is 1.63. The van der Waals surface area contributed by atoms with Gasteiger partial charge in [0.25, 0.3) is 0 Å². The zero-order valence-corrected chi connectivity index (χ0v) is 8.16. The highest BCUT2D eigenvalue weighted by Crippen LogP contribution is 2.05. The van der Waals surface area contributed by atoms with E-state index in [1.807, 2.05) is 26.8 Å². The number of nitrogens with zero attached hydrogens (tertiary/aromatic N) is 1.